The molecule has 2 rings (SSSR count). The van der Waals surface area contributed by atoms with Gasteiger partial charge in [-0.25, -0.2) is 4.39 Å². The minimum Gasteiger partial charge on any atom is -0.306 e. The quantitative estimate of drug-likeness (QED) is 0.892. The molecule has 0 radical (unpaired) electrons. The predicted octanol–water partition coefficient (Wildman–Crippen LogP) is 3.93. The van der Waals surface area contributed by atoms with Gasteiger partial charge in [0.15, 0.2) is 0 Å². The average molecular weight is 272 g/mol. The Morgan fingerprint density at radius 1 is 1.20 bits per heavy atom. The van der Waals surface area contributed by atoms with Gasteiger partial charge in [0, 0.05) is 17.5 Å². The number of hydrogen-bond acceptors (Lipinski definition) is 2. The Hall–Kier alpha value is -1.74. The van der Waals surface area contributed by atoms with Crippen LogP contribution in [0.15, 0.2) is 36.5 Å². The molecule has 0 aliphatic rings. The molecule has 1 unspecified atom stereocenters. The molecule has 1 N–H and O–H groups in total. The Kier molecular flexibility index (Phi) is 4.85. The summed E-state index contributed by atoms with van der Waals surface area (Å²) in [5.41, 5.74) is 3.72. The number of aromatic nitrogens is 1. The Balaban J connectivity index is 2.47. The highest BCUT2D eigenvalue weighted by molar-refractivity contribution is 5.36. The molecule has 0 saturated heterocycles. The van der Waals surface area contributed by atoms with Crippen LogP contribution < -0.4 is 5.32 Å². The number of nitrogens with zero attached hydrogens (tertiary/aromatic N) is 1. The molecule has 1 heterocycles. The van der Waals surface area contributed by atoms with Gasteiger partial charge < -0.3 is 5.32 Å². The van der Waals surface area contributed by atoms with E-state index in [1.54, 1.807) is 12.3 Å². The van der Waals surface area contributed by atoms with E-state index in [1.807, 2.05) is 32.0 Å². The van der Waals surface area contributed by atoms with Crippen LogP contribution in [0.2, 0.25) is 0 Å². The lowest BCUT2D eigenvalue weighted by Crippen LogP contribution is -2.25. The molecule has 0 fully saturated rings. The van der Waals surface area contributed by atoms with Crippen molar-refractivity contribution in [2.75, 3.05) is 6.54 Å². The lowest BCUT2D eigenvalue weighted by Gasteiger charge is -2.22. The number of nitrogens with one attached hydrogen (secondary N) is 1. The van der Waals surface area contributed by atoms with E-state index in [4.69, 9.17) is 0 Å². The molecule has 20 heavy (non-hydrogen) atoms. The van der Waals surface area contributed by atoms with Crippen LogP contribution in [0.5, 0.6) is 0 Å². The first-order valence-corrected chi connectivity index (χ1v) is 7.04. The van der Waals surface area contributed by atoms with E-state index in [0.717, 1.165) is 29.8 Å². The first kappa shape index (κ1) is 14.7. The standard InChI is InChI=1S/C17H21FN2/c1-4-9-20-17(14-6-5-10-19-13(14)3)15-11-12(2)7-8-16(15)18/h5-8,10-11,17,20H,4,9H2,1-3H3. The maximum absolute atomic E-state index is 14.2. The Morgan fingerprint density at radius 3 is 2.70 bits per heavy atom. The van der Waals surface area contributed by atoms with Gasteiger partial charge in [0.05, 0.1) is 6.04 Å². The van der Waals surface area contributed by atoms with Gasteiger partial charge in [0.25, 0.3) is 0 Å². The predicted molar refractivity (Wildman–Crippen MR) is 80.2 cm³/mol. The van der Waals surface area contributed by atoms with Gasteiger partial charge in [0.2, 0.25) is 0 Å². The topological polar surface area (TPSA) is 24.9 Å². The monoisotopic (exact) mass is 272 g/mol. The van der Waals surface area contributed by atoms with Crippen molar-refractivity contribution in [1.82, 2.24) is 10.3 Å². The lowest BCUT2D eigenvalue weighted by molar-refractivity contribution is 0.543. The molecule has 106 valence electrons. The molecular formula is C17H21FN2. The summed E-state index contributed by atoms with van der Waals surface area (Å²) in [5.74, 6) is -0.174. The Morgan fingerprint density at radius 2 is 2.00 bits per heavy atom. The second-order valence-corrected chi connectivity index (χ2v) is 5.09. The first-order chi connectivity index (χ1) is 9.63. The van der Waals surface area contributed by atoms with Crippen molar-refractivity contribution in [2.24, 2.45) is 0 Å². The fourth-order valence-electron chi connectivity index (χ4n) is 2.36. The van der Waals surface area contributed by atoms with Crippen LogP contribution in [0.25, 0.3) is 0 Å². The largest absolute Gasteiger partial charge is 0.306 e. The molecule has 1 aromatic heterocycles. The number of benzene rings is 1. The zero-order valence-electron chi connectivity index (χ0n) is 12.3. The normalized spacial score (nSPS) is 12.4. The van der Waals surface area contributed by atoms with Gasteiger partial charge >= 0.3 is 0 Å². The van der Waals surface area contributed by atoms with Gasteiger partial charge in [-0.3, -0.25) is 4.98 Å². The van der Waals surface area contributed by atoms with E-state index in [2.05, 4.69) is 17.2 Å². The van der Waals surface area contributed by atoms with Gasteiger partial charge in [-0.15, -0.1) is 0 Å². The van der Waals surface area contributed by atoms with Crippen LogP contribution in [0.3, 0.4) is 0 Å². The Bertz CT molecular complexity index is 581. The van der Waals surface area contributed by atoms with Crippen molar-refractivity contribution in [3.8, 4) is 0 Å². The SMILES string of the molecule is CCCNC(c1cc(C)ccc1F)c1cccnc1C. The second kappa shape index (κ2) is 6.62. The van der Waals surface area contributed by atoms with Crippen LogP contribution in [-0.2, 0) is 0 Å². The van der Waals surface area contributed by atoms with Crippen LogP contribution in [0.1, 0.15) is 41.8 Å². The highest BCUT2D eigenvalue weighted by Crippen LogP contribution is 2.26. The van der Waals surface area contributed by atoms with Crippen molar-refractivity contribution in [2.45, 2.75) is 33.2 Å². The van der Waals surface area contributed by atoms with Crippen LogP contribution in [0.4, 0.5) is 4.39 Å². The summed E-state index contributed by atoms with van der Waals surface area (Å²) in [6.07, 6.45) is 2.77. The molecule has 3 heteroatoms. The molecule has 0 aliphatic carbocycles. The molecular weight excluding hydrogens is 251 g/mol. The third-order valence-corrected chi connectivity index (χ3v) is 3.42. The molecule has 0 bridgehead atoms. The lowest BCUT2D eigenvalue weighted by atomic mass is 9.95. The van der Waals surface area contributed by atoms with Crippen molar-refractivity contribution >= 4 is 0 Å². The zero-order chi connectivity index (χ0) is 14.5. The van der Waals surface area contributed by atoms with Gasteiger partial charge in [-0.2, -0.15) is 0 Å². The van der Waals surface area contributed by atoms with Gasteiger partial charge in [-0.05, 0) is 44.5 Å². The fourth-order valence-corrected chi connectivity index (χ4v) is 2.36. The van der Waals surface area contributed by atoms with E-state index in [-0.39, 0.29) is 11.9 Å². The average Bonchev–Trinajstić information content (AvgIpc) is 2.44. The van der Waals surface area contributed by atoms with Gasteiger partial charge in [0.1, 0.15) is 5.82 Å². The molecule has 1 atom stereocenters. The van der Waals surface area contributed by atoms with Crippen molar-refractivity contribution in [1.29, 1.82) is 0 Å². The number of aryl methyl sites for hydroxylation is 2. The van der Waals surface area contributed by atoms with E-state index in [9.17, 15) is 4.39 Å². The highest BCUT2D eigenvalue weighted by atomic mass is 19.1. The van der Waals surface area contributed by atoms with Gasteiger partial charge in [-0.1, -0.05) is 30.7 Å². The van der Waals surface area contributed by atoms with E-state index in [0.29, 0.717) is 5.56 Å². The summed E-state index contributed by atoms with van der Waals surface area (Å²) in [6.45, 7) is 6.89. The molecule has 0 aliphatic heterocycles. The fraction of sp³-hybridized carbons (Fsp3) is 0.353. The molecule has 0 amide bonds. The zero-order valence-corrected chi connectivity index (χ0v) is 12.3. The van der Waals surface area contributed by atoms with Crippen LogP contribution in [-0.4, -0.2) is 11.5 Å². The minimum atomic E-state index is -0.174. The molecule has 2 nitrogen and oxygen atoms in total. The number of halogens is 1. The van der Waals surface area contributed by atoms with Crippen molar-refractivity contribution in [3.05, 3.63) is 64.7 Å². The number of rotatable bonds is 5. The molecule has 1 aromatic carbocycles. The molecule has 2 aromatic rings. The smallest absolute Gasteiger partial charge is 0.128 e. The summed E-state index contributed by atoms with van der Waals surface area (Å²) in [7, 11) is 0. The summed E-state index contributed by atoms with van der Waals surface area (Å²) in [4.78, 5) is 4.32. The number of hydrogen-bond donors (Lipinski definition) is 1. The van der Waals surface area contributed by atoms with E-state index in [1.165, 1.54) is 6.07 Å². The summed E-state index contributed by atoms with van der Waals surface area (Å²) in [6, 6.07) is 9.01. The third kappa shape index (κ3) is 3.23. The summed E-state index contributed by atoms with van der Waals surface area (Å²) < 4.78 is 14.2. The van der Waals surface area contributed by atoms with Crippen molar-refractivity contribution < 1.29 is 4.39 Å². The number of pyridine rings is 1. The highest BCUT2D eigenvalue weighted by Gasteiger charge is 2.19. The summed E-state index contributed by atoms with van der Waals surface area (Å²) >= 11 is 0. The van der Waals surface area contributed by atoms with E-state index < -0.39 is 0 Å². The summed E-state index contributed by atoms with van der Waals surface area (Å²) in [5, 5.41) is 3.43. The van der Waals surface area contributed by atoms with Crippen molar-refractivity contribution in [3.63, 3.8) is 0 Å². The maximum atomic E-state index is 14.2. The molecule has 0 spiro atoms. The molecule has 0 saturated carbocycles. The van der Waals surface area contributed by atoms with E-state index >= 15 is 0 Å². The first-order valence-electron chi connectivity index (χ1n) is 7.04. The minimum absolute atomic E-state index is 0.149. The van der Waals surface area contributed by atoms with Crippen LogP contribution in [0, 0.1) is 19.7 Å². The van der Waals surface area contributed by atoms with Crippen LogP contribution >= 0.6 is 0 Å². The Labute approximate surface area is 120 Å². The third-order valence-electron chi connectivity index (χ3n) is 3.42. The maximum Gasteiger partial charge on any atom is 0.128 e. The second-order valence-electron chi connectivity index (χ2n) is 5.09.